The SMILES string of the molecule is NC1CC2CCCC(C1)C2NC(=O)c1cccc(Cl)c1. The molecule has 20 heavy (non-hydrogen) atoms. The second-order valence-corrected chi connectivity index (χ2v) is 6.63. The van der Waals surface area contributed by atoms with Crippen molar-refractivity contribution in [3.63, 3.8) is 0 Å². The zero-order valence-corrected chi connectivity index (χ0v) is 12.3. The van der Waals surface area contributed by atoms with Gasteiger partial charge in [0.1, 0.15) is 0 Å². The highest BCUT2D eigenvalue weighted by Gasteiger charge is 2.39. The molecule has 3 N–H and O–H groups in total. The molecule has 0 aliphatic heterocycles. The lowest BCUT2D eigenvalue weighted by atomic mass is 9.67. The first-order valence-corrected chi connectivity index (χ1v) is 7.83. The summed E-state index contributed by atoms with van der Waals surface area (Å²) in [7, 11) is 0. The van der Waals surface area contributed by atoms with Gasteiger partial charge in [-0.15, -0.1) is 0 Å². The van der Waals surface area contributed by atoms with Crippen LogP contribution in [-0.2, 0) is 0 Å². The maximum absolute atomic E-state index is 12.4. The van der Waals surface area contributed by atoms with Crippen LogP contribution in [0.5, 0.6) is 0 Å². The van der Waals surface area contributed by atoms with Crippen molar-refractivity contribution >= 4 is 17.5 Å². The van der Waals surface area contributed by atoms with Crippen LogP contribution in [0, 0.1) is 11.8 Å². The molecule has 0 saturated heterocycles. The third kappa shape index (κ3) is 2.84. The molecule has 108 valence electrons. The van der Waals surface area contributed by atoms with Gasteiger partial charge in [-0.1, -0.05) is 24.1 Å². The van der Waals surface area contributed by atoms with Crippen molar-refractivity contribution in [3.05, 3.63) is 34.9 Å². The highest BCUT2D eigenvalue weighted by Crippen LogP contribution is 2.39. The van der Waals surface area contributed by atoms with Crippen molar-refractivity contribution < 1.29 is 4.79 Å². The van der Waals surface area contributed by atoms with Crippen LogP contribution in [0.15, 0.2) is 24.3 Å². The summed E-state index contributed by atoms with van der Waals surface area (Å²) in [6.45, 7) is 0. The molecule has 2 bridgehead atoms. The number of carbonyl (C=O) groups is 1. The maximum atomic E-state index is 12.4. The molecule has 1 aromatic rings. The van der Waals surface area contributed by atoms with Gasteiger partial charge >= 0.3 is 0 Å². The minimum Gasteiger partial charge on any atom is -0.349 e. The van der Waals surface area contributed by atoms with Crippen LogP contribution < -0.4 is 11.1 Å². The standard InChI is InChI=1S/C16H21ClN2O/c17-13-6-2-5-12(7-13)16(20)19-15-10-3-1-4-11(15)9-14(18)8-10/h2,5-7,10-11,14-15H,1,3-4,8-9,18H2,(H,19,20). The molecular weight excluding hydrogens is 272 g/mol. The Morgan fingerprint density at radius 3 is 2.60 bits per heavy atom. The van der Waals surface area contributed by atoms with Crippen molar-refractivity contribution in [2.45, 2.75) is 44.2 Å². The Bertz CT molecular complexity index is 491. The fraction of sp³-hybridized carbons (Fsp3) is 0.562. The molecule has 1 aromatic carbocycles. The normalized spacial score (nSPS) is 32.7. The molecule has 2 unspecified atom stereocenters. The molecule has 0 heterocycles. The zero-order valence-electron chi connectivity index (χ0n) is 11.5. The van der Waals surface area contributed by atoms with Gasteiger partial charge in [0.15, 0.2) is 0 Å². The molecule has 2 aliphatic rings. The smallest absolute Gasteiger partial charge is 0.251 e. The van der Waals surface area contributed by atoms with Crippen LogP contribution in [0.2, 0.25) is 5.02 Å². The zero-order chi connectivity index (χ0) is 14.1. The second-order valence-electron chi connectivity index (χ2n) is 6.19. The number of carbonyl (C=O) groups excluding carboxylic acids is 1. The summed E-state index contributed by atoms with van der Waals surface area (Å²) in [4.78, 5) is 12.4. The molecule has 2 fully saturated rings. The summed E-state index contributed by atoms with van der Waals surface area (Å²) in [5.74, 6) is 1.08. The van der Waals surface area contributed by atoms with E-state index in [-0.39, 0.29) is 11.9 Å². The number of halogens is 1. The third-order valence-corrected chi connectivity index (χ3v) is 5.00. The van der Waals surface area contributed by atoms with Crippen LogP contribution >= 0.6 is 11.6 Å². The van der Waals surface area contributed by atoms with Crippen molar-refractivity contribution in [3.8, 4) is 0 Å². The first-order chi connectivity index (χ1) is 9.63. The summed E-state index contributed by atoms with van der Waals surface area (Å²) >= 11 is 5.95. The van der Waals surface area contributed by atoms with Gasteiger partial charge in [0, 0.05) is 22.7 Å². The van der Waals surface area contributed by atoms with E-state index in [1.54, 1.807) is 12.1 Å². The Balaban J connectivity index is 1.72. The Labute approximate surface area is 124 Å². The van der Waals surface area contributed by atoms with Gasteiger partial charge in [0.2, 0.25) is 0 Å². The lowest BCUT2D eigenvalue weighted by Gasteiger charge is -2.45. The van der Waals surface area contributed by atoms with Gasteiger partial charge in [-0.05, 0) is 55.7 Å². The fourth-order valence-corrected chi connectivity index (χ4v) is 4.08. The number of hydrogen-bond acceptors (Lipinski definition) is 2. The monoisotopic (exact) mass is 292 g/mol. The predicted octanol–water partition coefficient (Wildman–Crippen LogP) is 2.98. The number of nitrogens with one attached hydrogen (secondary N) is 1. The van der Waals surface area contributed by atoms with Crippen LogP contribution in [0.3, 0.4) is 0 Å². The maximum Gasteiger partial charge on any atom is 0.251 e. The third-order valence-electron chi connectivity index (χ3n) is 4.76. The van der Waals surface area contributed by atoms with Crippen molar-refractivity contribution in [1.82, 2.24) is 5.32 Å². The minimum absolute atomic E-state index is 0.00938. The summed E-state index contributed by atoms with van der Waals surface area (Å²) in [5, 5.41) is 3.83. The van der Waals surface area contributed by atoms with Crippen molar-refractivity contribution in [2.75, 3.05) is 0 Å². The van der Waals surface area contributed by atoms with E-state index >= 15 is 0 Å². The van der Waals surface area contributed by atoms with Gasteiger partial charge in [-0.25, -0.2) is 0 Å². The number of benzene rings is 1. The van der Waals surface area contributed by atoms with Gasteiger partial charge in [-0.3, -0.25) is 4.79 Å². The molecule has 4 heteroatoms. The molecule has 0 spiro atoms. The summed E-state index contributed by atoms with van der Waals surface area (Å²) in [5.41, 5.74) is 6.76. The van der Waals surface area contributed by atoms with E-state index in [2.05, 4.69) is 5.32 Å². The van der Waals surface area contributed by atoms with Crippen LogP contribution in [-0.4, -0.2) is 18.0 Å². The van der Waals surface area contributed by atoms with Gasteiger partial charge in [0.05, 0.1) is 0 Å². The molecule has 2 saturated carbocycles. The van der Waals surface area contributed by atoms with Gasteiger partial charge in [0.25, 0.3) is 5.91 Å². The van der Waals surface area contributed by atoms with Crippen molar-refractivity contribution in [1.29, 1.82) is 0 Å². The first-order valence-electron chi connectivity index (χ1n) is 7.45. The van der Waals surface area contributed by atoms with Crippen LogP contribution in [0.25, 0.3) is 0 Å². The number of fused-ring (bicyclic) bond motifs is 2. The largest absolute Gasteiger partial charge is 0.349 e. The van der Waals surface area contributed by atoms with E-state index in [1.807, 2.05) is 12.1 Å². The molecule has 2 atom stereocenters. The second kappa shape index (κ2) is 5.74. The van der Waals surface area contributed by atoms with Crippen molar-refractivity contribution in [2.24, 2.45) is 17.6 Å². The minimum atomic E-state index is -0.00938. The average Bonchev–Trinajstić information content (AvgIpc) is 2.39. The number of rotatable bonds is 2. The lowest BCUT2D eigenvalue weighted by Crippen LogP contribution is -2.53. The Morgan fingerprint density at radius 2 is 1.95 bits per heavy atom. The molecule has 2 aliphatic carbocycles. The van der Waals surface area contributed by atoms with Crippen LogP contribution in [0.1, 0.15) is 42.5 Å². The number of amides is 1. The van der Waals surface area contributed by atoms with E-state index in [0.717, 1.165) is 12.8 Å². The molecule has 3 rings (SSSR count). The van der Waals surface area contributed by atoms with E-state index in [0.29, 0.717) is 28.5 Å². The van der Waals surface area contributed by atoms with E-state index < -0.39 is 0 Å². The fourth-order valence-electron chi connectivity index (χ4n) is 3.89. The quantitative estimate of drug-likeness (QED) is 0.880. The Hall–Kier alpha value is -1.06. The summed E-state index contributed by atoms with van der Waals surface area (Å²) in [6.07, 6.45) is 5.72. The topological polar surface area (TPSA) is 55.1 Å². The van der Waals surface area contributed by atoms with Crippen LogP contribution in [0.4, 0.5) is 0 Å². The average molecular weight is 293 g/mol. The summed E-state index contributed by atoms with van der Waals surface area (Å²) < 4.78 is 0. The highest BCUT2D eigenvalue weighted by molar-refractivity contribution is 6.30. The van der Waals surface area contributed by atoms with Gasteiger partial charge in [-0.2, -0.15) is 0 Å². The number of hydrogen-bond donors (Lipinski definition) is 2. The molecular formula is C16H21ClN2O. The molecule has 1 amide bonds. The molecule has 3 nitrogen and oxygen atoms in total. The predicted molar refractivity (Wildman–Crippen MR) is 80.7 cm³/mol. The van der Waals surface area contributed by atoms with Gasteiger partial charge < -0.3 is 11.1 Å². The summed E-state index contributed by atoms with van der Waals surface area (Å²) in [6, 6.07) is 7.73. The Kier molecular flexibility index (Phi) is 3.99. The Morgan fingerprint density at radius 1 is 1.25 bits per heavy atom. The number of nitrogens with two attached hydrogens (primary N) is 1. The lowest BCUT2D eigenvalue weighted by molar-refractivity contribution is 0.0756. The van der Waals surface area contributed by atoms with E-state index in [9.17, 15) is 4.79 Å². The molecule has 0 aromatic heterocycles. The first kappa shape index (κ1) is 13.9. The molecule has 0 radical (unpaired) electrons. The highest BCUT2D eigenvalue weighted by atomic mass is 35.5. The van der Waals surface area contributed by atoms with E-state index in [4.69, 9.17) is 17.3 Å². The van der Waals surface area contributed by atoms with E-state index in [1.165, 1.54) is 19.3 Å².